The van der Waals surface area contributed by atoms with Gasteiger partial charge in [0.05, 0.1) is 11.3 Å². The summed E-state index contributed by atoms with van der Waals surface area (Å²) in [6.45, 7) is 2.20. The second-order valence-electron chi connectivity index (χ2n) is 3.81. The van der Waals surface area contributed by atoms with Gasteiger partial charge in [-0.15, -0.1) is 11.8 Å². The van der Waals surface area contributed by atoms with Crippen molar-refractivity contribution in [3.8, 4) is 6.07 Å². The lowest BCUT2D eigenvalue weighted by atomic mass is 10.2. The minimum Gasteiger partial charge on any atom is -0.339 e. The number of nitriles is 1. The Hall–Kier alpha value is -0.670. The van der Waals surface area contributed by atoms with Crippen LogP contribution in [0, 0.1) is 11.3 Å². The van der Waals surface area contributed by atoms with Gasteiger partial charge in [0, 0.05) is 29.6 Å². The third-order valence-corrected chi connectivity index (χ3v) is 5.88. The molecule has 0 radical (unpaired) electrons. The first kappa shape index (κ1) is 12.8. The van der Waals surface area contributed by atoms with Crippen LogP contribution in [-0.4, -0.2) is 26.9 Å². The summed E-state index contributed by atoms with van der Waals surface area (Å²) in [6, 6.07) is 2.09. The van der Waals surface area contributed by atoms with Gasteiger partial charge in [0.1, 0.15) is 0 Å². The molecule has 2 atom stereocenters. The molecule has 1 aliphatic heterocycles. The zero-order valence-electron chi connectivity index (χ0n) is 9.76. The molecule has 0 aromatic carbocycles. The van der Waals surface area contributed by atoms with E-state index >= 15 is 0 Å². The third kappa shape index (κ3) is 3.17. The van der Waals surface area contributed by atoms with Gasteiger partial charge in [-0.2, -0.15) is 22.0 Å². The van der Waals surface area contributed by atoms with Crippen LogP contribution >= 0.6 is 23.5 Å². The Balaban J connectivity index is 2.05. The van der Waals surface area contributed by atoms with Crippen LogP contribution in [0.25, 0.3) is 0 Å². The maximum absolute atomic E-state index is 8.52. The maximum Gasteiger partial charge on any atom is 0.227 e. The van der Waals surface area contributed by atoms with Crippen LogP contribution < -0.4 is 0 Å². The Morgan fingerprint density at radius 2 is 2.29 bits per heavy atom. The van der Waals surface area contributed by atoms with Gasteiger partial charge in [0.15, 0.2) is 5.82 Å². The lowest BCUT2D eigenvalue weighted by Gasteiger charge is -2.27. The van der Waals surface area contributed by atoms with Crippen LogP contribution in [0.15, 0.2) is 4.52 Å². The molecule has 6 heteroatoms. The summed E-state index contributed by atoms with van der Waals surface area (Å²) in [5.74, 6) is 3.75. The zero-order valence-corrected chi connectivity index (χ0v) is 11.4. The van der Waals surface area contributed by atoms with Gasteiger partial charge in [-0.05, 0) is 6.42 Å². The van der Waals surface area contributed by atoms with E-state index in [4.69, 9.17) is 9.78 Å². The Bertz CT molecular complexity index is 402. The van der Waals surface area contributed by atoms with Gasteiger partial charge in [-0.25, -0.2) is 0 Å². The lowest BCUT2D eigenvalue weighted by molar-refractivity contribution is 0.373. The van der Waals surface area contributed by atoms with Crippen molar-refractivity contribution < 1.29 is 4.52 Å². The molecule has 2 heterocycles. The van der Waals surface area contributed by atoms with E-state index in [0.717, 1.165) is 18.0 Å². The minimum absolute atomic E-state index is 0.346. The molecular formula is C11H15N3OS2. The van der Waals surface area contributed by atoms with Crippen molar-refractivity contribution in [2.24, 2.45) is 0 Å². The van der Waals surface area contributed by atoms with Crippen molar-refractivity contribution in [3.63, 3.8) is 0 Å². The van der Waals surface area contributed by atoms with Crippen molar-refractivity contribution in [1.82, 2.24) is 10.1 Å². The number of rotatable bonds is 4. The molecule has 1 aromatic rings. The highest BCUT2D eigenvalue weighted by atomic mass is 32.2. The molecule has 0 N–H and O–H groups in total. The summed E-state index contributed by atoms with van der Waals surface area (Å²) >= 11 is 3.91. The number of hydrogen-bond acceptors (Lipinski definition) is 6. The molecule has 0 spiro atoms. The predicted octanol–water partition coefficient (Wildman–Crippen LogP) is 2.83. The second-order valence-corrected chi connectivity index (χ2v) is 6.41. The van der Waals surface area contributed by atoms with Gasteiger partial charge >= 0.3 is 0 Å². The van der Waals surface area contributed by atoms with E-state index in [1.807, 2.05) is 23.5 Å². The quantitative estimate of drug-likeness (QED) is 0.837. The maximum atomic E-state index is 8.52. The molecule has 2 rings (SSSR count). The lowest BCUT2D eigenvalue weighted by Crippen LogP contribution is -2.19. The number of aryl methyl sites for hydroxylation is 1. The SMILES string of the molecule is CCC1SCCSC1c1noc(CCC#N)n1. The highest BCUT2D eigenvalue weighted by molar-refractivity contribution is 8.06. The van der Waals surface area contributed by atoms with E-state index in [0.29, 0.717) is 29.2 Å². The summed E-state index contributed by atoms with van der Waals surface area (Å²) in [5.41, 5.74) is 0. The van der Waals surface area contributed by atoms with Gasteiger partial charge < -0.3 is 4.52 Å². The predicted molar refractivity (Wildman–Crippen MR) is 70.0 cm³/mol. The summed E-state index contributed by atoms with van der Waals surface area (Å²) < 4.78 is 5.18. The van der Waals surface area contributed by atoms with Crippen molar-refractivity contribution in [2.75, 3.05) is 11.5 Å². The fourth-order valence-electron chi connectivity index (χ4n) is 1.79. The Morgan fingerprint density at radius 1 is 1.47 bits per heavy atom. The molecular weight excluding hydrogens is 254 g/mol. The topological polar surface area (TPSA) is 62.7 Å². The number of nitrogens with zero attached hydrogens (tertiary/aromatic N) is 3. The zero-order chi connectivity index (χ0) is 12.1. The van der Waals surface area contributed by atoms with Crippen molar-refractivity contribution >= 4 is 23.5 Å². The van der Waals surface area contributed by atoms with Crippen LogP contribution in [0.1, 0.15) is 36.7 Å². The Kier molecular flexibility index (Phi) is 4.75. The first-order valence-electron chi connectivity index (χ1n) is 5.77. The standard InChI is InChI=1S/C11H15N3OS2/c1-2-8-10(17-7-6-16-8)11-13-9(15-14-11)4-3-5-12/h8,10H,2-4,6-7H2,1H3. The van der Waals surface area contributed by atoms with Gasteiger partial charge in [-0.3, -0.25) is 0 Å². The molecule has 4 nitrogen and oxygen atoms in total. The van der Waals surface area contributed by atoms with Crippen LogP contribution in [0.4, 0.5) is 0 Å². The number of aromatic nitrogens is 2. The molecule has 1 aliphatic rings. The van der Waals surface area contributed by atoms with Gasteiger partial charge in [0.25, 0.3) is 0 Å². The summed E-state index contributed by atoms with van der Waals surface area (Å²) in [7, 11) is 0. The van der Waals surface area contributed by atoms with Crippen LogP contribution in [0.2, 0.25) is 0 Å². The molecule has 17 heavy (non-hydrogen) atoms. The monoisotopic (exact) mass is 269 g/mol. The van der Waals surface area contributed by atoms with Gasteiger partial charge in [-0.1, -0.05) is 12.1 Å². The van der Waals surface area contributed by atoms with E-state index in [9.17, 15) is 0 Å². The molecule has 1 saturated heterocycles. The fourth-order valence-corrected chi connectivity index (χ4v) is 4.77. The first-order chi connectivity index (χ1) is 8.35. The molecule has 0 aliphatic carbocycles. The normalized spacial score (nSPS) is 24.5. The molecule has 1 fully saturated rings. The Labute approximate surface area is 110 Å². The highest BCUT2D eigenvalue weighted by Crippen LogP contribution is 2.42. The van der Waals surface area contributed by atoms with Crippen LogP contribution in [0.5, 0.6) is 0 Å². The molecule has 2 unspecified atom stereocenters. The molecule has 0 saturated carbocycles. The first-order valence-corrected chi connectivity index (χ1v) is 7.87. The highest BCUT2D eigenvalue weighted by Gasteiger charge is 2.30. The van der Waals surface area contributed by atoms with E-state index < -0.39 is 0 Å². The third-order valence-electron chi connectivity index (χ3n) is 2.64. The summed E-state index contributed by atoms with van der Waals surface area (Å²) in [5, 5.41) is 13.5. The van der Waals surface area contributed by atoms with E-state index in [2.05, 4.69) is 23.1 Å². The number of thioether (sulfide) groups is 2. The second kappa shape index (κ2) is 6.31. The average molecular weight is 269 g/mol. The molecule has 0 amide bonds. The summed E-state index contributed by atoms with van der Waals surface area (Å²) in [6.07, 6.45) is 2.13. The molecule has 92 valence electrons. The van der Waals surface area contributed by atoms with Crippen molar-refractivity contribution in [1.29, 1.82) is 5.26 Å². The molecule has 0 bridgehead atoms. The Morgan fingerprint density at radius 3 is 3.06 bits per heavy atom. The van der Waals surface area contributed by atoms with E-state index in [-0.39, 0.29) is 0 Å². The van der Waals surface area contributed by atoms with E-state index in [1.54, 1.807) is 0 Å². The van der Waals surface area contributed by atoms with E-state index in [1.165, 1.54) is 5.75 Å². The van der Waals surface area contributed by atoms with Crippen LogP contribution in [0.3, 0.4) is 0 Å². The van der Waals surface area contributed by atoms with Crippen molar-refractivity contribution in [2.45, 2.75) is 36.7 Å². The largest absolute Gasteiger partial charge is 0.339 e. The smallest absolute Gasteiger partial charge is 0.227 e. The van der Waals surface area contributed by atoms with Crippen molar-refractivity contribution in [3.05, 3.63) is 11.7 Å². The minimum atomic E-state index is 0.346. The fraction of sp³-hybridized carbons (Fsp3) is 0.727. The number of hydrogen-bond donors (Lipinski definition) is 0. The molecule has 1 aromatic heterocycles. The van der Waals surface area contributed by atoms with Crippen LogP contribution in [-0.2, 0) is 6.42 Å². The average Bonchev–Trinajstić information content (AvgIpc) is 2.85. The summed E-state index contributed by atoms with van der Waals surface area (Å²) in [4.78, 5) is 4.41. The van der Waals surface area contributed by atoms with Gasteiger partial charge in [0.2, 0.25) is 5.89 Å².